The highest BCUT2D eigenvalue weighted by atomic mass is 35.5. The number of nitrogens with zero attached hydrogens (tertiary/aromatic N) is 3. The summed E-state index contributed by atoms with van der Waals surface area (Å²) >= 11 is 19.0. The van der Waals surface area contributed by atoms with Crippen LogP contribution in [0.2, 0.25) is 10.0 Å². The monoisotopic (exact) mass is 525 g/mol. The summed E-state index contributed by atoms with van der Waals surface area (Å²) in [6.45, 7) is 2.08. The van der Waals surface area contributed by atoms with Gasteiger partial charge in [-0.05, 0) is 36.8 Å². The van der Waals surface area contributed by atoms with E-state index < -0.39 is 5.97 Å². The van der Waals surface area contributed by atoms with Crippen molar-refractivity contribution in [3.05, 3.63) is 62.2 Å². The number of thiocarbonyl (C=S) groups is 1. The Hall–Kier alpha value is -2.66. The quantitative estimate of drug-likeness (QED) is 0.349. The van der Waals surface area contributed by atoms with Gasteiger partial charge in [-0.15, -0.1) is 11.3 Å². The predicted molar refractivity (Wildman–Crippen MR) is 136 cm³/mol. The molecule has 2 aromatic heterocycles. The highest BCUT2D eigenvalue weighted by Crippen LogP contribution is 2.34. The fourth-order valence-corrected chi connectivity index (χ4v) is 5.00. The molecule has 0 fully saturated rings. The summed E-state index contributed by atoms with van der Waals surface area (Å²) in [6, 6.07) is 5.31. The van der Waals surface area contributed by atoms with E-state index in [1.807, 2.05) is 0 Å². The summed E-state index contributed by atoms with van der Waals surface area (Å²) < 4.78 is 6.56. The van der Waals surface area contributed by atoms with Crippen LogP contribution in [0.25, 0.3) is 0 Å². The summed E-state index contributed by atoms with van der Waals surface area (Å²) in [5.74, 6) is -0.773. The number of anilines is 2. The molecule has 0 aliphatic rings. The second-order valence-corrected chi connectivity index (χ2v) is 9.40. The second kappa shape index (κ2) is 10.5. The molecule has 3 aromatic rings. The van der Waals surface area contributed by atoms with E-state index >= 15 is 0 Å². The molecule has 2 N–H and O–H groups in total. The molecule has 33 heavy (non-hydrogen) atoms. The van der Waals surface area contributed by atoms with Crippen LogP contribution in [-0.2, 0) is 11.3 Å². The first kappa shape index (κ1) is 25.0. The minimum absolute atomic E-state index is 0.214. The number of aromatic nitrogens is 2. The molecule has 0 saturated heterocycles. The van der Waals surface area contributed by atoms with Gasteiger partial charge in [0.25, 0.3) is 5.91 Å². The number of hydrogen-bond donors (Lipinski definition) is 2. The Morgan fingerprint density at radius 1 is 1.24 bits per heavy atom. The third kappa shape index (κ3) is 5.64. The van der Waals surface area contributed by atoms with Crippen LogP contribution in [0, 0.1) is 6.92 Å². The van der Waals surface area contributed by atoms with Gasteiger partial charge in [0.05, 0.1) is 36.0 Å². The molecule has 0 radical (unpaired) electrons. The van der Waals surface area contributed by atoms with Gasteiger partial charge in [0.15, 0.2) is 5.11 Å². The smallest absolute Gasteiger partial charge is 0.341 e. The van der Waals surface area contributed by atoms with E-state index in [0.29, 0.717) is 37.7 Å². The predicted octanol–water partition coefficient (Wildman–Crippen LogP) is 4.91. The molecular formula is C21H21Cl2N5O3S2. The van der Waals surface area contributed by atoms with Crippen LogP contribution in [0.4, 0.5) is 10.7 Å². The highest BCUT2D eigenvalue weighted by molar-refractivity contribution is 7.80. The van der Waals surface area contributed by atoms with Gasteiger partial charge in [-0.2, -0.15) is 5.10 Å². The summed E-state index contributed by atoms with van der Waals surface area (Å²) in [7, 11) is 4.57. The van der Waals surface area contributed by atoms with Gasteiger partial charge < -0.3 is 20.3 Å². The van der Waals surface area contributed by atoms with Crippen LogP contribution < -0.4 is 10.6 Å². The Kier molecular flexibility index (Phi) is 7.96. The normalized spacial score (nSPS) is 10.6. The van der Waals surface area contributed by atoms with E-state index in [1.165, 1.54) is 12.0 Å². The Bertz CT molecular complexity index is 1200. The number of thiophene rings is 1. The summed E-state index contributed by atoms with van der Waals surface area (Å²) in [5.41, 5.74) is 2.17. The largest absolute Gasteiger partial charge is 0.465 e. The van der Waals surface area contributed by atoms with Crippen LogP contribution in [0.15, 0.2) is 30.6 Å². The van der Waals surface area contributed by atoms with Gasteiger partial charge in [0, 0.05) is 35.9 Å². The fourth-order valence-electron chi connectivity index (χ4n) is 2.98. The second-order valence-electron chi connectivity index (χ2n) is 7.16. The van der Waals surface area contributed by atoms with Crippen molar-refractivity contribution >= 4 is 74.4 Å². The number of methoxy groups -OCH3 is 1. The van der Waals surface area contributed by atoms with Gasteiger partial charge >= 0.3 is 5.97 Å². The zero-order chi connectivity index (χ0) is 24.3. The zero-order valence-corrected chi connectivity index (χ0v) is 21.4. The SMILES string of the molecule is COC(=O)c1c(NC(=S)Nc2cnn(Cc3c(Cl)cccc3Cl)c2)sc(C(=O)N(C)C)c1C. The molecule has 0 saturated carbocycles. The summed E-state index contributed by atoms with van der Waals surface area (Å²) in [5, 5.41) is 12.1. The summed E-state index contributed by atoms with van der Waals surface area (Å²) in [4.78, 5) is 26.7. The van der Waals surface area contributed by atoms with Crippen LogP contribution in [0.1, 0.15) is 31.2 Å². The molecule has 0 atom stereocenters. The number of benzene rings is 1. The van der Waals surface area contributed by atoms with Crippen LogP contribution in [-0.4, -0.2) is 52.9 Å². The number of hydrogen-bond acceptors (Lipinski definition) is 6. The molecule has 1 aromatic carbocycles. The molecule has 1 amide bonds. The molecule has 0 bridgehead atoms. The van der Waals surface area contributed by atoms with Crippen molar-refractivity contribution < 1.29 is 14.3 Å². The first-order valence-corrected chi connectivity index (χ1v) is 11.6. The minimum Gasteiger partial charge on any atom is -0.465 e. The molecule has 2 heterocycles. The highest BCUT2D eigenvalue weighted by Gasteiger charge is 2.26. The molecule has 0 aliphatic carbocycles. The lowest BCUT2D eigenvalue weighted by atomic mass is 10.1. The van der Waals surface area contributed by atoms with E-state index in [1.54, 1.807) is 56.3 Å². The number of esters is 1. The average Bonchev–Trinajstić information content (AvgIpc) is 3.33. The molecular weight excluding hydrogens is 505 g/mol. The summed E-state index contributed by atoms with van der Waals surface area (Å²) in [6.07, 6.45) is 3.34. The minimum atomic E-state index is -0.559. The third-order valence-electron chi connectivity index (χ3n) is 4.64. The van der Waals surface area contributed by atoms with Gasteiger partial charge in [0.2, 0.25) is 0 Å². The number of nitrogens with one attached hydrogen (secondary N) is 2. The maximum Gasteiger partial charge on any atom is 0.341 e. The van der Waals surface area contributed by atoms with Crippen molar-refractivity contribution in [2.24, 2.45) is 0 Å². The van der Waals surface area contributed by atoms with Crippen molar-refractivity contribution in [1.82, 2.24) is 14.7 Å². The van der Waals surface area contributed by atoms with Crippen molar-refractivity contribution in [3.8, 4) is 0 Å². The Morgan fingerprint density at radius 3 is 2.52 bits per heavy atom. The van der Waals surface area contributed by atoms with E-state index in [-0.39, 0.29) is 16.6 Å². The molecule has 174 valence electrons. The van der Waals surface area contributed by atoms with E-state index in [9.17, 15) is 9.59 Å². The molecule has 8 nitrogen and oxygen atoms in total. The maximum absolute atomic E-state index is 12.5. The van der Waals surface area contributed by atoms with Crippen molar-refractivity contribution in [2.45, 2.75) is 13.5 Å². The van der Waals surface area contributed by atoms with Crippen molar-refractivity contribution in [3.63, 3.8) is 0 Å². The average molecular weight is 526 g/mol. The number of rotatable bonds is 6. The Labute approximate surface area is 210 Å². The standard InChI is InChI=1S/C21H21Cl2N5O3S2/c1-11-16(20(30)31-4)18(33-17(11)19(29)27(2)3)26-21(32)25-12-8-24-28(9-12)10-13-14(22)6-5-7-15(13)23/h5-9H,10H2,1-4H3,(H2,25,26,32). The number of carbonyl (C=O) groups is 2. The van der Waals surface area contributed by atoms with Crippen LogP contribution in [0.5, 0.6) is 0 Å². The van der Waals surface area contributed by atoms with E-state index in [0.717, 1.165) is 16.9 Å². The first-order valence-electron chi connectivity index (χ1n) is 9.59. The van der Waals surface area contributed by atoms with Gasteiger partial charge in [-0.3, -0.25) is 9.48 Å². The van der Waals surface area contributed by atoms with Gasteiger partial charge in [-0.1, -0.05) is 29.3 Å². The van der Waals surface area contributed by atoms with E-state index in [4.69, 9.17) is 40.2 Å². The molecule has 0 unspecified atom stereocenters. The first-order chi connectivity index (χ1) is 15.6. The molecule has 0 aliphatic heterocycles. The number of carbonyl (C=O) groups excluding carboxylic acids is 2. The van der Waals surface area contributed by atoms with Crippen molar-refractivity contribution in [2.75, 3.05) is 31.8 Å². The zero-order valence-electron chi connectivity index (χ0n) is 18.2. The number of ether oxygens (including phenoxy) is 1. The number of halogens is 2. The van der Waals surface area contributed by atoms with Crippen LogP contribution in [0.3, 0.4) is 0 Å². The lowest BCUT2D eigenvalue weighted by Gasteiger charge is -2.09. The van der Waals surface area contributed by atoms with Gasteiger partial charge in [-0.25, -0.2) is 4.79 Å². The lowest BCUT2D eigenvalue weighted by Crippen LogP contribution is -2.21. The molecule has 0 spiro atoms. The number of amides is 1. The van der Waals surface area contributed by atoms with E-state index in [2.05, 4.69) is 15.7 Å². The maximum atomic E-state index is 12.5. The fraction of sp³-hybridized carbons (Fsp3) is 0.238. The Morgan fingerprint density at radius 2 is 1.91 bits per heavy atom. The van der Waals surface area contributed by atoms with Crippen LogP contribution >= 0.6 is 46.8 Å². The lowest BCUT2D eigenvalue weighted by molar-refractivity contribution is 0.0601. The van der Waals surface area contributed by atoms with Gasteiger partial charge in [0.1, 0.15) is 5.00 Å². The van der Waals surface area contributed by atoms with Crippen molar-refractivity contribution in [1.29, 1.82) is 0 Å². The molecule has 12 heteroatoms. The third-order valence-corrected chi connectivity index (χ3v) is 6.74. The molecule has 3 rings (SSSR count). The Balaban J connectivity index is 1.77. The topological polar surface area (TPSA) is 88.5 Å².